The molecule has 2 unspecified atom stereocenters. The fourth-order valence-electron chi connectivity index (χ4n) is 2.46. The number of hydrogen-bond donors (Lipinski definition) is 2. The van der Waals surface area contributed by atoms with Gasteiger partial charge in [-0.15, -0.1) is 0 Å². The fraction of sp³-hybridized carbons (Fsp3) is 0.267. The van der Waals surface area contributed by atoms with E-state index in [4.69, 9.17) is 9.63 Å². The molecule has 1 aliphatic rings. The van der Waals surface area contributed by atoms with Crippen LogP contribution in [0.1, 0.15) is 12.1 Å². The number of aliphatic carboxylic acids is 1. The second kappa shape index (κ2) is 5.40. The van der Waals surface area contributed by atoms with E-state index in [0.717, 1.165) is 5.39 Å². The number of carbonyl (C=O) groups is 2. The third-order valence-electron chi connectivity index (χ3n) is 3.53. The lowest BCUT2D eigenvalue weighted by Gasteiger charge is -2.11. The Morgan fingerprint density at radius 1 is 1.33 bits per heavy atom. The number of aromatic nitrogens is 1. The van der Waals surface area contributed by atoms with Crippen LogP contribution in [0.3, 0.4) is 0 Å². The van der Waals surface area contributed by atoms with Crippen molar-refractivity contribution < 1.29 is 19.2 Å². The molecule has 21 heavy (non-hydrogen) atoms. The smallest absolute Gasteiger partial charge is 0.310 e. The molecule has 0 saturated heterocycles. The lowest BCUT2D eigenvalue weighted by molar-refractivity contribution is -0.140. The normalized spacial score (nSPS) is 20.8. The van der Waals surface area contributed by atoms with Crippen molar-refractivity contribution in [1.29, 1.82) is 0 Å². The van der Waals surface area contributed by atoms with Crippen LogP contribution in [0.15, 0.2) is 40.9 Å². The molecule has 0 saturated carbocycles. The molecule has 2 aromatic rings. The number of amides is 1. The minimum absolute atomic E-state index is 0.110. The lowest BCUT2D eigenvalue weighted by Crippen LogP contribution is -2.34. The van der Waals surface area contributed by atoms with E-state index in [1.165, 1.54) is 0 Å². The molecule has 2 N–H and O–H groups in total. The quantitative estimate of drug-likeness (QED) is 0.831. The van der Waals surface area contributed by atoms with Crippen molar-refractivity contribution in [2.24, 2.45) is 5.92 Å². The number of benzene rings is 1. The number of fused-ring (bicyclic) bond motifs is 1. The number of rotatable bonds is 4. The summed E-state index contributed by atoms with van der Waals surface area (Å²) in [6, 6.07) is 7.10. The molecule has 6 heteroatoms. The van der Waals surface area contributed by atoms with Crippen LogP contribution in [0, 0.1) is 5.92 Å². The highest BCUT2D eigenvalue weighted by Gasteiger charge is 2.25. The number of hydrogen-bond acceptors (Lipinski definition) is 4. The maximum atomic E-state index is 12.0. The maximum Gasteiger partial charge on any atom is 0.310 e. The van der Waals surface area contributed by atoms with Gasteiger partial charge in [0.2, 0.25) is 5.91 Å². The van der Waals surface area contributed by atoms with E-state index in [0.29, 0.717) is 17.7 Å². The van der Waals surface area contributed by atoms with Gasteiger partial charge in [-0.2, -0.15) is 0 Å². The van der Waals surface area contributed by atoms with Crippen LogP contribution in [0.25, 0.3) is 11.0 Å². The Morgan fingerprint density at radius 2 is 2.14 bits per heavy atom. The number of nitrogens with one attached hydrogen (secondary N) is 1. The zero-order valence-corrected chi connectivity index (χ0v) is 11.2. The molecule has 1 aromatic carbocycles. The summed E-state index contributed by atoms with van der Waals surface area (Å²) in [4.78, 5) is 22.9. The molecule has 1 aliphatic carbocycles. The van der Waals surface area contributed by atoms with Gasteiger partial charge in [0.05, 0.1) is 12.3 Å². The summed E-state index contributed by atoms with van der Waals surface area (Å²) in [5.41, 5.74) is 1.23. The predicted molar refractivity (Wildman–Crippen MR) is 74.5 cm³/mol. The summed E-state index contributed by atoms with van der Waals surface area (Å²) in [7, 11) is 0. The average Bonchev–Trinajstić information content (AvgIpc) is 3.07. The van der Waals surface area contributed by atoms with Crippen molar-refractivity contribution in [2.45, 2.75) is 18.9 Å². The summed E-state index contributed by atoms with van der Waals surface area (Å²) < 4.78 is 5.15. The number of nitrogens with zero attached hydrogens (tertiary/aromatic N) is 1. The molecule has 0 fully saturated rings. The molecule has 0 bridgehead atoms. The van der Waals surface area contributed by atoms with Crippen molar-refractivity contribution >= 4 is 22.8 Å². The Hall–Kier alpha value is -2.63. The predicted octanol–water partition coefficient (Wildman–Crippen LogP) is 1.52. The molecule has 108 valence electrons. The Labute approximate surface area is 120 Å². The molecule has 1 amide bonds. The van der Waals surface area contributed by atoms with Crippen molar-refractivity contribution in [3.8, 4) is 0 Å². The van der Waals surface area contributed by atoms with Gasteiger partial charge < -0.3 is 14.9 Å². The first-order chi connectivity index (χ1) is 10.1. The lowest BCUT2D eigenvalue weighted by atomic mass is 10.1. The number of carbonyl (C=O) groups excluding carboxylic acids is 1. The van der Waals surface area contributed by atoms with Crippen LogP contribution in [0.4, 0.5) is 0 Å². The maximum absolute atomic E-state index is 12.0. The van der Waals surface area contributed by atoms with Crippen molar-refractivity contribution in [3.05, 3.63) is 42.1 Å². The zero-order chi connectivity index (χ0) is 14.8. The van der Waals surface area contributed by atoms with E-state index in [-0.39, 0.29) is 18.4 Å². The molecule has 1 heterocycles. The van der Waals surface area contributed by atoms with Crippen molar-refractivity contribution in [3.63, 3.8) is 0 Å². The molecule has 0 aliphatic heterocycles. The van der Waals surface area contributed by atoms with Gasteiger partial charge in [-0.25, -0.2) is 0 Å². The molecular weight excluding hydrogens is 272 g/mol. The monoisotopic (exact) mass is 286 g/mol. The highest BCUT2D eigenvalue weighted by Crippen LogP contribution is 2.20. The van der Waals surface area contributed by atoms with E-state index >= 15 is 0 Å². The first-order valence-electron chi connectivity index (χ1n) is 6.67. The van der Waals surface area contributed by atoms with Gasteiger partial charge in [0.1, 0.15) is 5.69 Å². The van der Waals surface area contributed by atoms with Gasteiger partial charge in [-0.1, -0.05) is 29.4 Å². The molecule has 1 aromatic heterocycles. The Balaban J connectivity index is 1.63. The summed E-state index contributed by atoms with van der Waals surface area (Å²) in [6.45, 7) is 0. The molecule has 6 nitrogen and oxygen atoms in total. The number of carboxylic acid groups (broad SMARTS) is 1. The minimum Gasteiger partial charge on any atom is -0.481 e. The number of carboxylic acids is 1. The first kappa shape index (κ1) is 13.4. The van der Waals surface area contributed by atoms with Crippen LogP contribution in [0.5, 0.6) is 0 Å². The van der Waals surface area contributed by atoms with E-state index in [1.807, 2.05) is 18.2 Å². The van der Waals surface area contributed by atoms with E-state index in [9.17, 15) is 9.59 Å². The third-order valence-corrected chi connectivity index (χ3v) is 3.53. The SMILES string of the molecule is O=C(Cc1noc2ccccc12)NC1C=CC(C(=O)O)C1. The van der Waals surface area contributed by atoms with E-state index < -0.39 is 11.9 Å². The summed E-state index contributed by atoms with van der Waals surface area (Å²) in [6.07, 6.45) is 3.83. The Morgan fingerprint density at radius 3 is 2.90 bits per heavy atom. The summed E-state index contributed by atoms with van der Waals surface area (Å²) in [5, 5.41) is 16.4. The van der Waals surface area contributed by atoms with Crippen LogP contribution >= 0.6 is 0 Å². The number of para-hydroxylation sites is 1. The van der Waals surface area contributed by atoms with Crippen molar-refractivity contribution in [2.75, 3.05) is 0 Å². The van der Waals surface area contributed by atoms with Crippen LogP contribution in [0.2, 0.25) is 0 Å². The Bertz CT molecular complexity index is 719. The van der Waals surface area contributed by atoms with Gasteiger partial charge in [-0.05, 0) is 18.6 Å². The molecule has 2 atom stereocenters. The third kappa shape index (κ3) is 2.79. The van der Waals surface area contributed by atoms with Gasteiger partial charge >= 0.3 is 5.97 Å². The topological polar surface area (TPSA) is 92.4 Å². The molecule has 0 spiro atoms. The summed E-state index contributed by atoms with van der Waals surface area (Å²) >= 11 is 0. The summed E-state index contributed by atoms with van der Waals surface area (Å²) in [5.74, 6) is -1.59. The minimum atomic E-state index is -0.870. The molecular formula is C15H14N2O4. The van der Waals surface area contributed by atoms with Crippen LogP contribution < -0.4 is 5.32 Å². The van der Waals surface area contributed by atoms with Gasteiger partial charge in [0.15, 0.2) is 5.58 Å². The Kier molecular flexibility index (Phi) is 3.43. The highest BCUT2D eigenvalue weighted by atomic mass is 16.5. The van der Waals surface area contributed by atoms with Gasteiger partial charge in [0.25, 0.3) is 0 Å². The fourth-order valence-corrected chi connectivity index (χ4v) is 2.46. The van der Waals surface area contributed by atoms with Crippen LogP contribution in [-0.4, -0.2) is 28.2 Å². The van der Waals surface area contributed by atoms with Crippen LogP contribution in [-0.2, 0) is 16.0 Å². The van der Waals surface area contributed by atoms with E-state index in [2.05, 4.69) is 10.5 Å². The van der Waals surface area contributed by atoms with Gasteiger partial charge in [0, 0.05) is 11.4 Å². The first-order valence-corrected chi connectivity index (χ1v) is 6.67. The molecule has 3 rings (SSSR count). The second-order valence-electron chi connectivity index (χ2n) is 5.04. The van der Waals surface area contributed by atoms with Crippen molar-refractivity contribution in [1.82, 2.24) is 10.5 Å². The second-order valence-corrected chi connectivity index (χ2v) is 5.04. The van der Waals surface area contributed by atoms with Gasteiger partial charge in [-0.3, -0.25) is 9.59 Å². The zero-order valence-electron chi connectivity index (χ0n) is 11.2. The average molecular weight is 286 g/mol. The highest BCUT2D eigenvalue weighted by molar-refractivity contribution is 5.86. The largest absolute Gasteiger partial charge is 0.481 e. The standard InChI is InChI=1S/C15H14N2O4/c18-14(16-10-6-5-9(7-10)15(19)20)8-12-11-3-1-2-4-13(11)21-17-12/h1-6,9-10H,7-8H2,(H,16,18)(H,19,20). The molecule has 0 radical (unpaired) electrons. The van der Waals surface area contributed by atoms with E-state index in [1.54, 1.807) is 18.2 Å².